The number of aliphatic hydroxyl groups is 11. The number of phenolic OH excluding ortho intramolecular Hbond substituents is 3. The van der Waals surface area contributed by atoms with E-state index >= 15 is 0 Å². The third-order valence-corrected chi connectivity index (χ3v) is 9.42. The van der Waals surface area contributed by atoms with E-state index in [4.69, 9.17) is 32.8 Å². The lowest BCUT2D eigenvalue weighted by Crippen LogP contribution is -2.62. The van der Waals surface area contributed by atoms with Crippen molar-refractivity contribution in [2.24, 2.45) is 0 Å². The van der Waals surface area contributed by atoms with Gasteiger partial charge in [-0.25, -0.2) is 0 Å². The molecule has 22 heteroatoms. The van der Waals surface area contributed by atoms with Crippen LogP contribution in [-0.4, -0.2) is 183 Å². The average molecular weight is 789 g/mol. The summed E-state index contributed by atoms with van der Waals surface area (Å²) in [6, 6.07) is 5.08. The van der Waals surface area contributed by atoms with Gasteiger partial charge in [-0.15, -0.1) is 0 Å². The van der Waals surface area contributed by atoms with Crippen molar-refractivity contribution in [2.75, 3.05) is 19.8 Å². The molecule has 0 saturated carbocycles. The van der Waals surface area contributed by atoms with Gasteiger partial charge in [0.1, 0.15) is 95.7 Å². The quantitative estimate of drug-likeness (QED) is 0.0853. The normalized spacial score (nSPS) is 36.8. The van der Waals surface area contributed by atoms with E-state index in [1.165, 1.54) is 6.07 Å². The molecule has 6 rings (SSSR count). The van der Waals surface area contributed by atoms with E-state index in [0.29, 0.717) is 0 Å². The smallest absolute Gasteiger partial charge is 0.239 e. The monoisotopic (exact) mass is 788 g/mol. The van der Waals surface area contributed by atoms with Crippen molar-refractivity contribution in [3.8, 4) is 40.1 Å². The molecule has 0 bridgehead atoms. The van der Waals surface area contributed by atoms with Gasteiger partial charge in [-0.05, 0) is 18.2 Å². The Labute approximate surface area is 307 Å². The van der Waals surface area contributed by atoms with Gasteiger partial charge in [0.05, 0.1) is 19.8 Å². The Morgan fingerprint density at radius 3 is 1.67 bits per heavy atom. The van der Waals surface area contributed by atoms with E-state index in [1.807, 2.05) is 0 Å². The molecular formula is C33H40O22. The van der Waals surface area contributed by atoms with E-state index in [9.17, 15) is 76.3 Å². The van der Waals surface area contributed by atoms with Gasteiger partial charge >= 0.3 is 0 Å². The maximum atomic E-state index is 14.1. The Hall–Kier alpha value is -3.95. The van der Waals surface area contributed by atoms with Gasteiger partial charge in [0.15, 0.2) is 23.5 Å². The first-order chi connectivity index (χ1) is 26.1. The second-order valence-electron chi connectivity index (χ2n) is 13.1. The molecule has 304 valence electrons. The summed E-state index contributed by atoms with van der Waals surface area (Å²) in [6.45, 7) is -2.28. The average Bonchev–Trinajstić information content (AvgIpc) is 3.16. The first-order valence-electron chi connectivity index (χ1n) is 16.7. The highest BCUT2D eigenvalue weighted by atomic mass is 16.7. The number of ether oxygens (including phenoxy) is 6. The van der Waals surface area contributed by atoms with Crippen LogP contribution in [0.5, 0.6) is 28.7 Å². The number of benzene rings is 2. The summed E-state index contributed by atoms with van der Waals surface area (Å²) in [6.07, 6.45) is -26.5. The van der Waals surface area contributed by atoms with Crippen LogP contribution in [0.15, 0.2) is 39.5 Å². The van der Waals surface area contributed by atoms with Gasteiger partial charge in [0.25, 0.3) is 0 Å². The molecule has 15 atom stereocenters. The molecule has 3 aliphatic rings. The van der Waals surface area contributed by atoms with Crippen LogP contribution in [-0.2, 0) is 18.9 Å². The molecule has 4 heterocycles. The number of phenols is 3. The van der Waals surface area contributed by atoms with E-state index in [1.54, 1.807) is 0 Å². The lowest BCUT2D eigenvalue weighted by Gasteiger charge is -2.42. The molecule has 0 amide bonds. The van der Waals surface area contributed by atoms with Gasteiger partial charge in [0.2, 0.25) is 23.8 Å². The largest absolute Gasteiger partial charge is 0.507 e. The molecular weight excluding hydrogens is 748 g/mol. The maximum Gasteiger partial charge on any atom is 0.239 e. The second kappa shape index (κ2) is 16.3. The van der Waals surface area contributed by atoms with Crippen molar-refractivity contribution in [1.29, 1.82) is 0 Å². The molecule has 7 unspecified atom stereocenters. The zero-order chi connectivity index (χ0) is 40.0. The lowest BCUT2D eigenvalue weighted by molar-refractivity contribution is -0.323. The molecule has 0 radical (unpaired) electrons. The molecule has 0 aliphatic carbocycles. The molecule has 3 aromatic rings. The van der Waals surface area contributed by atoms with Crippen molar-refractivity contribution in [3.05, 3.63) is 40.6 Å². The predicted molar refractivity (Wildman–Crippen MR) is 174 cm³/mol. The maximum absolute atomic E-state index is 14.1. The van der Waals surface area contributed by atoms with Crippen molar-refractivity contribution in [3.63, 3.8) is 0 Å². The number of hydrogen-bond donors (Lipinski definition) is 14. The van der Waals surface area contributed by atoms with Crippen molar-refractivity contribution < 1.29 is 104 Å². The van der Waals surface area contributed by atoms with Gasteiger partial charge in [-0.3, -0.25) is 4.79 Å². The number of fused-ring (bicyclic) bond motifs is 1. The minimum Gasteiger partial charge on any atom is -0.507 e. The predicted octanol–water partition coefficient (Wildman–Crippen LogP) is -5.24. The third-order valence-electron chi connectivity index (χ3n) is 9.42. The number of aromatic hydroxyl groups is 3. The van der Waals surface area contributed by atoms with E-state index in [-0.39, 0.29) is 11.3 Å². The Morgan fingerprint density at radius 2 is 1.09 bits per heavy atom. The van der Waals surface area contributed by atoms with Crippen molar-refractivity contribution >= 4 is 11.0 Å². The summed E-state index contributed by atoms with van der Waals surface area (Å²) in [7, 11) is 0. The SMILES string of the molecule is O=c1c(O[C@@H]2OC(CO[C@@H]3OC(CO)[C@@H](O)[C@H](O)C3O)[C@@H](O)C(O)C2O)c(-c2ccc(O)c(O)c2)oc2cc(O[C@@H]3OC(CO)[C@H](O)[C@H](O)C3O)cc(O)c12. The van der Waals surface area contributed by atoms with E-state index in [2.05, 4.69) is 0 Å². The fourth-order valence-electron chi connectivity index (χ4n) is 6.25. The number of aliphatic hydroxyl groups excluding tert-OH is 11. The van der Waals surface area contributed by atoms with E-state index < -0.39 is 157 Å². The first-order valence-corrected chi connectivity index (χ1v) is 16.7. The van der Waals surface area contributed by atoms with Gasteiger partial charge in [-0.1, -0.05) is 0 Å². The molecule has 1 aromatic heterocycles. The minimum absolute atomic E-state index is 0.141. The highest BCUT2D eigenvalue weighted by Crippen LogP contribution is 2.40. The Kier molecular flexibility index (Phi) is 12.0. The molecule has 55 heavy (non-hydrogen) atoms. The fourth-order valence-corrected chi connectivity index (χ4v) is 6.25. The van der Waals surface area contributed by atoms with Gasteiger partial charge in [-0.2, -0.15) is 0 Å². The van der Waals surface area contributed by atoms with Crippen LogP contribution in [0, 0.1) is 0 Å². The molecule has 3 fully saturated rings. The molecule has 14 N–H and O–H groups in total. The zero-order valence-electron chi connectivity index (χ0n) is 28.2. The fraction of sp³-hybridized carbons (Fsp3) is 0.545. The lowest BCUT2D eigenvalue weighted by atomic mass is 9.98. The molecule has 0 spiro atoms. The van der Waals surface area contributed by atoms with Crippen LogP contribution in [0.25, 0.3) is 22.3 Å². The highest BCUT2D eigenvalue weighted by Gasteiger charge is 2.49. The molecule has 3 aliphatic heterocycles. The number of hydrogen-bond acceptors (Lipinski definition) is 22. The van der Waals surface area contributed by atoms with Crippen LogP contribution in [0.3, 0.4) is 0 Å². The number of rotatable bonds is 10. The summed E-state index contributed by atoms with van der Waals surface area (Å²) in [5.41, 5.74) is -1.71. The van der Waals surface area contributed by atoms with E-state index in [0.717, 1.165) is 24.3 Å². The van der Waals surface area contributed by atoms with Crippen LogP contribution in [0.2, 0.25) is 0 Å². The van der Waals surface area contributed by atoms with Gasteiger partial charge in [0, 0.05) is 17.7 Å². The Morgan fingerprint density at radius 1 is 0.564 bits per heavy atom. The zero-order valence-corrected chi connectivity index (χ0v) is 28.2. The van der Waals surface area contributed by atoms with Crippen molar-refractivity contribution in [2.45, 2.75) is 92.1 Å². The van der Waals surface area contributed by atoms with Gasteiger partial charge < -0.3 is 104 Å². The first kappa shape index (κ1) is 40.7. The topological polar surface area (TPSA) is 369 Å². The second-order valence-corrected chi connectivity index (χ2v) is 13.1. The summed E-state index contributed by atoms with van der Waals surface area (Å²) < 4.78 is 38.9. The molecule has 22 nitrogen and oxygen atoms in total. The molecule has 3 saturated heterocycles. The Balaban J connectivity index is 1.33. The van der Waals surface area contributed by atoms with Crippen LogP contribution < -0.4 is 14.9 Å². The summed E-state index contributed by atoms with van der Waals surface area (Å²) in [5.74, 6) is -3.74. The van der Waals surface area contributed by atoms with Crippen molar-refractivity contribution in [1.82, 2.24) is 0 Å². The minimum atomic E-state index is -2.09. The summed E-state index contributed by atoms with van der Waals surface area (Å²) >= 11 is 0. The van der Waals surface area contributed by atoms with Crippen LogP contribution >= 0.6 is 0 Å². The third kappa shape index (κ3) is 7.76. The highest BCUT2D eigenvalue weighted by molar-refractivity contribution is 5.88. The standard InChI is InChI=1S/C33H40O22/c34-6-15-19(39)23(43)26(46)31(52-15)49-8-17-21(41)25(45)28(48)33(54-17)55-30-22(42)18-13(38)4-10(50-32-27(47)24(44)20(40)16(7-35)53-32)5-14(18)51-29(30)9-1-2-11(36)12(37)3-9/h1-5,15-17,19-21,23-28,31-41,43-48H,6-8H2/t15?,16?,17?,19-,20+,21-,23+,24+,25?,26?,27?,28?,31-,32-,33+/m1/s1. The summed E-state index contributed by atoms with van der Waals surface area (Å²) in [5, 5.41) is 143. The van der Waals surface area contributed by atoms with Crippen LogP contribution in [0.4, 0.5) is 0 Å². The molecule has 2 aromatic carbocycles. The van der Waals surface area contributed by atoms with Crippen LogP contribution in [0.1, 0.15) is 0 Å². The Bertz CT molecular complexity index is 1870. The summed E-state index contributed by atoms with van der Waals surface area (Å²) in [4.78, 5) is 14.1.